The molecule has 0 bridgehead atoms. The van der Waals surface area contributed by atoms with Gasteiger partial charge in [-0.3, -0.25) is 0 Å². The van der Waals surface area contributed by atoms with E-state index in [0.717, 1.165) is 30.4 Å². The highest BCUT2D eigenvalue weighted by molar-refractivity contribution is 7.16. The number of alkyl halides is 3. The molecule has 3 heterocycles. The molecular weight excluding hydrogens is 267 g/mol. The number of fused-ring (bicyclic) bond motifs is 1. The number of hydrogen-bond acceptors (Lipinski definition) is 5. The van der Waals surface area contributed by atoms with Crippen LogP contribution in [0, 0.1) is 0 Å². The molecule has 0 saturated carbocycles. The van der Waals surface area contributed by atoms with Crippen LogP contribution in [0.3, 0.4) is 0 Å². The second-order valence-corrected chi connectivity index (χ2v) is 5.17. The van der Waals surface area contributed by atoms with E-state index in [2.05, 4.69) is 20.6 Å². The van der Waals surface area contributed by atoms with Crippen molar-refractivity contribution in [3.8, 4) is 0 Å². The van der Waals surface area contributed by atoms with Gasteiger partial charge in [-0.1, -0.05) is 11.3 Å². The number of piperidine rings is 1. The predicted octanol–water partition coefficient (Wildman–Crippen LogP) is 1.67. The SMILES string of the molecule is FC(F)(F)c1nnc2sc(C3CCNCC3)nn12. The fourth-order valence-corrected chi connectivity index (χ4v) is 3.05. The minimum atomic E-state index is -4.51. The third-order valence-corrected chi connectivity index (χ3v) is 4.01. The molecule has 9 heteroatoms. The summed E-state index contributed by atoms with van der Waals surface area (Å²) >= 11 is 1.19. The Morgan fingerprint density at radius 2 is 1.94 bits per heavy atom. The molecule has 1 aliphatic heterocycles. The summed E-state index contributed by atoms with van der Waals surface area (Å²) in [6.45, 7) is 1.74. The lowest BCUT2D eigenvalue weighted by molar-refractivity contribution is -0.146. The summed E-state index contributed by atoms with van der Waals surface area (Å²) in [5, 5.41) is 14.6. The van der Waals surface area contributed by atoms with E-state index in [9.17, 15) is 13.2 Å². The van der Waals surface area contributed by atoms with Gasteiger partial charge < -0.3 is 5.32 Å². The first-order valence-electron chi connectivity index (χ1n) is 5.56. The molecule has 0 amide bonds. The highest BCUT2D eigenvalue weighted by atomic mass is 32.1. The zero-order chi connectivity index (χ0) is 12.8. The molecule has 0 aromatic carbocycles. The summed E-state index contributed by atoms with van der Waals surface area (Å²) in [5.41, 5.74) is 0. The van der Waals surface area contributed by atoms with Crippen molar-refractivity contribution in [2.75, 3.05) is 13.1 Å². The summed E-state index contributed by atoms with van der Waals surface area (Å²) in [5.74, 6) is -0.826. The van der Waals surface area contributed by atoms with Crippen molar-refractivity contribution in [1.29, 1.82) is 0 Å². The number of hydrogen-bond donors (Lipinski definition) is 1. The first-order chi connectivity index (χ1) is 8.55. The first kappa shape index (κ1) is 11.8. The number of halogens is 3. The lowest BCUT2D eigenvalue weighted by atomic mass is 9.99. The van der Waals surface area contributed by atoms with Gasteiger partial charge in [0, 0.05) is 5.92 Å². The predicted molar refractivity (Wildman–Crippen MR) is 58.5 cm³/mol. The lowest BCUT2D eigenvalue weighted by Gasteiger charge is -2.19. The van der Waals surface area contributed by atoms with E-state index in [-0.39, 0.29) is 10.9 Å². The molecule has 1 N–H and O–H groups in total. The monoisotopic (exact) mass is 277 g/mol. The van der Waals surface area contributed by atoms with Crippen molar-refractivity contribution in [1.82, 2.24) is 25.1 Å². The summed E-state index contributed by atoms with van der Waals surface area (Å²) in [4.78, 5) is 0.204. The van der Waals surface area contributed by atoms with E-state index in [1.807, 2.05) is 0 Å². The van der Waals surface area contributed by atoms with Crippen LogP contribution in [0.25, 0.3) is 4.96 Å². The van der Waals surface area contributed by atoms with Crippen molar-refractivity contribution < 1.29 is 13.2 Å². The number of nitrogens with one attached hydrogen (secondary N) is 1. The van der Waals surface area contributed by atoms with Crippen molar-refractivity contribution in [2.45, 2.75) is 24.9 Å². The normalized spacial score (nSPS) is 18.6. The van der Waals surface area contributed by atoms with Crippen LogP contribution < -0.4 is 5.32 Å². The Kier molecular flexibility index (Phi) is 2.74. The Labute approximate surface area is 104 Å². The minimum absolute atomic E-state index is 0.204. The van der Waals surface area contributed by atoms with Crippen molar-refractivity contribution in [3.63, 3.8) is 0 Å². The Balaban J connectivity index is 1.98. The van der Waals surface area contributed by atoms with Gasteiger partial charge in [-0.15, -0.1) is 10.2 Å². The first-order valence-corrected chi connectivity index (χ1v) is 6.37. The molecule has 2 aromatic heterocycles. The summed E-state index contributed by atoms with van der Waals surface area (Å²) in [6.07, 6.45) is -2.73. The molecule has 0 unspecified atom stereocenters. The standard InChI is InChI=1S/C9H10F3N5S/c10-9(11,12)7-14-15-8-17(7)16-6(18-8)5-1-3-13-4-2-5/h5,13H,1-4H2. The van der Waals surface area contributed by atoms with Crippen LogP contribution in [0.15, 0.2) is 0 Å². The summed E-state index contributed by atoms with van der Waals surface area (Å²) < 4.78 is 38.7. The van der Waals surface area contributed by atoms with E-state index in [1.165, 1.54) is 11.3 Å². The molecule has 0 aliphatic carbocycles. The van der Waals surface area contributed by atoms with Crippen LogP contribution in [-0.4, -0.2) is 32.9 Å². The smallest absolute Gasteiger partial charge is 0.317 e. The number of nitrogens with zero attached hydrogens (tertiary/aromatic N) is 4. The lowest BCUT2D eigenvalue weighted by Crippen LogP contribution is -2.26. The van der Waals surface area contributed by atoms with Gasteiger partial charge in [-0.25, -0.2) is 0 Å². The molecule has 18 heavy (non-hydrogen) atoms. The molecule has 0 radical (unpaired) electrons. The van der Waals surface area contributed by atoms with E-state index >= 15 is 0 Å². The molecule has 5 nitrogen and oxygen atoms in total. The van der Waals surface area contributed by atoms with Gasteiger partial charge in [0.1, 0.15) is 5.01 Å². The molecule has 1 saturated heterocycles. The van der Waals surface area contributed by atoms with Crippen molar-refractivity contribution >= 4 is 16.3 Å². The van der Waals surface area contributed by atoms with Gasteiger partial charge in [0.15, 0.2) is 0 Å². The highest BCUT2D eigenvalue weighted by Gasteiger charge is 2.38. The van der Waals surface area contributed by atoms with Crippen molar-refractivity contribution in [3.05, 3.63) is 10.8 Å². The number of aromatic nitrogens is 4. The van der Waals surface area contributed by atoms with Gasteiger partial charge in [-0.2, -0.15) is 22.8 Å². The van der Waals surface area contributed by atoms with Gasteiger partial charge in [0.05, 0.1) is 0 Å². The second-order valence-electron chi connectivity index (χ2n) is 4.18. The average Bonchev–Trinajstić information content (AvgIpc) is 2.87. The maximum atomic E-state index is 12.6. The third kappa shape index (κ3) is 1.97. The molecular formula is C9H10F3N5S. The van der Waals surface area contributed by atoms with Crippen LogP contribution in [0.2, 0.25) is 0 Å². The maximum Gasteiger partial charge on any atom is 0.453 e. The molecule has 0 spiro atoms. The largest absolute Gasteiger partial charge is 0.453 e. The van der Waals surface area contributed by atoms with E-state index in [4.69, 9.17) is 0 Å². The van der Waals surface area contributed by atoms with Gasteiger partial charge in [-0.05, 0) is 25.9 Å². The van der Waals surface area contributed by atoms with Gasteiger partial charge >= 0.3 is 6.18 Å². The zero-order valence-electron chi connectivity index (χ0n) is 9.24. The Morgan fingerprint density at radius 3 is 2.61 bits per heavy atom. The molecule has 3 rings (SSSR count). The molecule has 98 valence electrons. The Bertz CT molecular complexity index is 554. The van der Waals surface area contributed by atoms with Crippen LogP contribution in [0.5, 0.6) is 0 Å². The van der Waals surface area contributed by atoms with Crippen LogP contribution in [-0.2, 0) is 6.18 Å². The molecule has 0 atom stereocenters. The fraction of sp³-hybridized carbons (Fsp3) is 0.667. The maximum absolute atomic E-state index is 12.6. The quantitative estimate of drug-likeness (QED) is 0.861. The number of rotatable bonds is 1. The molecule has 2 aromatic rings. The van der Waals surface area contributed by atoms with E-state index < -0.39 is 12.0 Å². The average molecular weight is 277 g/mol. The highest BCUT2D eigenvalue weighted by Crippen LogP contribution is 2.32. The Morgan fingerprint density at radius 1 is 1.22 bits per heavy atom. The Hall–Kier alpha value is -1.22. The topological polar surface area (TPSA) is 55.1 Å². The summed E-state index contributed by atoms with van der Waals surface area (Å²) in [7, 11) is 0. The van der Waals surface area contributed by atoms with E-state index in [1.54, 1.807) is 0 Å². The summed E-state index contributed by atoms with van der Waals surface area (Å²) in [6, 6.07) is 0. The van der Waals surface area contributed by atoms with Gasteiger partial charge in [0.25, 0.3) is 5.82 Å². The van der Waals surface area contributed by atoms with Crippen LogP contribution in [0.1, 0.15) is 29.6 Å². The fourth-order valence-electron chi connectivity index (χ4n) is 2.04. The third-order valence-electron chi connectivity index (χ3n) is 2.95. The molecule has 1 aliphatic rings. The minimum Gasteiger partial charge on any atom is -0.317 e. The van der Waals surface area contributed by atoms with E-state index in [0.29, 0.717) is 5.01 Å². The van der Waals surface area contributed by atoms with Gasteiger partial charge in [0.2, 0.25) is 4.96 Å². The van der Waals surface area contributed by atoms with Crippen molar-refractivity contribution in [2.24, 2.45) is 0 Å². The van der Waals surface area contributed by atoms with Crippen LogP contribution in [0.4, 0.5) is 13.2 Å². The second kappa shape index (κ2) is 4.16. The van der Waals surface area contributed by atoms with Crippen LogP contribution >= 0.6 is 11.3 Å². The molecule has 1 fully saturated rings. The zero-order valence-corrected chi connectivity index (χ0v) is 10.1.